The smallest absolute Gasteiger partial charge is 0.255 e. The van der Waals surface area contributed by atoms with E-state index in [9.17, 15) is 4.79 Å². The molecule has 146 valence electrons. The van der Waals surface area contributed by atoms with Crippen LogP contribution in [0.25, 0.3) is 0 Å². The molecule has 5 heteroatoms. The van der Waals surface area contributed by atoms with Crippen molar-refractivity contribution >= 4 is 11.6 Å². The van der Waals surface area contributed by atoms with Crippen molar-refractivity contribution in [3.8, 4) is 23.3 Å². The number of carbonyl (C=O) groups excluding carboxylic acids is 1. The van der Waals surface area contributed by atoms with Crippen LogP contribution in [0.4, 0.5) is 5.69 Å². The molecule has 0 aliphatic rings. The molecule has 1 N–H and O–H groups in total. The van der Waals surface area contributed by atoms with E-state index in [1.807, 2.05) is 56.3 Å². The Kier molecular flexibility index (Phi) is 6.49. The van der Waals surface area contributed by atoms with Gasteiger partial charge in [-0.2, -0.15) is 0 Å². The molecule has 0 saturated carbocycles. The summed E-state index contributed by atoms with van der Waals surface area (Å²) in [5.74, 6) is 6.94. The third-order valence-electron chi connectivity index (χ3n) is 3.91. The van der Waals surface area contributed by atoms with Gasteiger partial charge in [0.05, 0.1) is 13.2 Å². The number of rotatable bonds is 5. The summed E-state index contributed by atoms with van der Waals surface area (Å²) in [6.07, 6.45) is 1.71. The highest BCUT2D eigenvalue weighted by atomic mass is 16.5. The van der Waals surface area contributed by atoms with Crippen LogP contribution in [0.3, 0.4) is 0 Å². The standard InChI is InChI=1S/C24H22N2O3/c1-17(2)29-22-13-11-19(16-23(22)28-3)24(27)26-21-9-6-7-18(15-21)10-12-20-8-4-5-14-25-20/h4-9,11,13-17H,1-3H3,(H,26,27). The zero-order chi connectivity index (χ0) is 20.6. The van der Waals surface area contributed by atoms with E-state index in [0.29, 0.717) is 28.4 Å². The number of hydrogen-bond acceptors (Lipinski definition) is 4. The third kappa shape index (κ3) is 5.60. The predicted octanol–water partition coefficient (Wildman–Crippen LogP) is 4.53. The van der Waals surface area contributed by atoms with E-state index in [1.165, 1.54) is 0 Å². The summed E-state index contributed by atoms with van der Waals surface area (Å²) in [7, 11) is 1.55. The highest BCUT2D eigenvalue weighted by molar-refractivity contribution is 6.04. The number of ether oxygens (including phenoxy) is 2. The van der Waals surface area contributed by atoms with Gasteiger partial charge < -0.3 is 14.8 Å². The molecule has 1 amide bonds. The summed E-state index contributed by atoms with van der Waals surface area (Å²) in [6.45, 7) is 3.87. The number of benzene rings is 2. The molecule has 2 aromatic carbocycles. The van der Waals surface area contributed by atoms with Crippen molar-refractivity contribution in [1.82, 2.24) is 4.98 Å². The first-order chi connectivity index (χ1) is 14.0. The van der Waals surface area contributed by atoms with Gasteiger partial charge in [0, 0.05) is 23.0 Å². The van der Waals surface area contributed by atoms with E-state index < -0.39 is 0 Å². The average molecular weight is 386 g/mol. The second kappa shape index (κ2) is 9.43. The van der Waals surface area contributed by atoms with Crippen molar-refractivity contribution in [3.63, 3.8) is 0 Å². The topological polar surface area (TPSA) is 60.5 Å². The number of aromatic nitrogens is 1. The van der Waals surface area contributed by atoms with Crippen LogP contribution in [0, 0.1) is 11.8 Å². The van der Waals surface area contributed by atoms with Crippen molar-refractivity contribution in [1.29, 1.82) is 0 Å². The van der Waals surface area contributed by atoms with Gasteiger partial charge in [-0.3, -0.25) is 4.79 Å². The number of pyridine rings is 1. The number of carbonyl (C=O) groups is 1. The zero-order valence-electron chi connectivity index (χ0n) is 16.6. The fourth-order valence-electron chi connectivity index (χ4n) is 2.61. The van der Waals surface area contributed by atoms with Gasteiger partial charge in [0.15, 0.2) is 11.5 Å². The molecule has 0 saturated heterocycles. The van der Waals surface area contributed by atoms with Crippen LogP contribution in [0.2, 0.25) is 0 Å². The summed E-state index contributed by atoms with van der Waals surface area (Å²) in [5.41, 5.74) is 2.61. The van der Waals surface area contributed by atoms with Crippen molar-refractivity contribution < 1.29 is 14.3 Å². The van der Waals surface area contributed by atoms with Crippen molar-refractivity contribution in [2.24, 2.45) is 0 Å². The number of anilines is 1. The van der Waals surface area contributed by atoms with Gasteiger partial charge in [0.1, 0.15) is 5.69 Å². The van der Waals surface area contributed by atoms with Crippen LogP contribution in [0.15, 0.2) is 66.9 Å². The van der Waals surface area contributed by atoms with Gasteiger partial charge in [-0.05, 0) is 68.3 Å². The lowest BCUT2D eigenvalue weighted by atomic mass is 10.1. The molecule has 0 atom stereocenters. The molecule has 29 heavy (non-hydrogen) atoms. The Hall–Kier alpha value is -3.78. The third-order valence-corrected chi connectivity index (χ3v) is 3.91. The molecule has 0 radical (unpaired) electrons. The predicted molar refractivity (Wildman–Crippen MR) is 113 cm³/mol. The Morgan fingerprint density at radius 1 is 1.00 bits per heavy atom. The molecule has 1 aromatic heterocycles. The van der Waals surface area contributed by atoms with Crippen LogP contribution in [0.1, 0.15) is 35.5 Å². The first-order valence-corrected chi connectivity index (χ1v) is 9.24. The van der Waals surface area contributed by atoms with Gasteiger partial charge >= 0.3 is 0 Å². The monoisotopic (exact) mass is 386 g/mol. The van der Waals surface area contributed by atoms with Crippen molar-refractivity contribution in [3.05, 3.63) is 83.7 Å². The maximum atomic E-state index is 12.7. The molecular formula is C24H22N2O3. The maximum Gasteiger partial charge on any atom is 0.255 e. The van der Waals surface area contributed by atoms with Crippen molar-refractivity contribution in [2.75, 3.05) is 12.4 Å². The number of hydrogen-bond donors (Lipinski definition) is 1. The quantitative estimate of drug-likeness (QED) is 0.655. The van der Waals surface area contributed by atoms with Gasteiger partial charge in [-0.15, -0.1) is 0 Å². The highest BCUT2D eigenvalue weighted by Crippen LogP contribution is 2.29. The number of methoxy groups -OCH3 is 1. The van der Waals surface area contributed by atoms with E-state index in [2.05, 4.69) is 22.1 Å². The van der Waals surface area contributed by atoms with Crippen LogP contribution in [-0.2, 0) is 0 Å². The van der Waals surface area contributed by atoms with E-state index in [-0.39, 0.29) is 12.0 Å². The lowest BCUT2D eigenvalue weighted by molar-refractivity contribution is 0.102. The second-order valence-corrected chi connectivity index (χ2v) is 6.53. The summed E-state index contributed by atoms with van der Waals surface area (Å²) in [4.78, 5) is 16.8. The molecule has 3 aromatic rings. The normalized spacial score (nSPS) is 10.1. The highest BCUT2D eigenvalue weighted by Gasteiger charge is 2.12. The lowest BCUT2D eigenvalue weighted by Gasteiger charge is -2.14. The number of nitrogens with one attached hydrogen (secondary N) is 1. The minimum absolute atomic E-state index is 0.0125. The first kappa shape index (κ1) is 20.0. The fraction of sp³-hybridized carbons (Fsp3) is 0.167. The summed E-state index contributed by atoms with van der Waals surface area (Å²) < 4.78 is 11.0. The van der Waals surface area contributed by atoms with Crippen LogP contribution in [0.5, 0.6) is 11.5 Å². The van der Waals surface area contributed by atoms with Crippen LogP contribution >= 0.6 is 0 Å². The van der Waals surface area contributed by atoms with E-state index >= 15 is 0 Å². The molecule has 0 bridgehead atoms. The minimum atomic E-state index is -0.241. The molecule has 0 spiro atoms. The molecule has 0 unspecified atom stereocenters. The van der Waals surface area contributed by atoms with Gasteiger partial charge in [0.2, 0.25) is 0 Å². The molecule has 0 aliphatic heterocycles. The Morgan fingerprint density at radius 2 is 1.86 bits per heavy atom. The summed E-state index contributed by atoms with van der Waals surface area (Å²) >= 11 is 0. The number of nitrogens with zero attached hydrogens (tertiary/aromatic N) is 1. The summed E-state index contributed by atoms with van der Waals surface area (Å²) in [5, 5.41) is 2.89. The first-order valence-electron chi connectivity index (χ1n) is 9.24. The average Bonchev–Trinajstić information content (AvgIpc) is 2.73. The summed E-state index contributed by atoms with van der Waals surface area (Å²) in [6, 6.07) is 18.1. The molecule has 1 heterocycles. The molecule has 0 aliphatic carbocycles. The number of amides is 1. The molecule has 5 nitrogen and oxygen atoms in total. The second-order valence-electron chi connectivity index (χ2n) is 6.53. The fourth-order valence-corrected chi connectivity index (χ4v) is 2.61. The minimum Gasteiger partial charge on any atom is -0.493 e. The zero-order valence-corrected chi connectivity index (χ0v) is 16.6. The van der Waals surface area contributed by atoms with Crippen LogP contribution < -0.4 is 14.8 Å². The molecular weight excluding hydrogens is 364 g/mol. The van der Waals surface area contributed by atoms with Gasteiger partial charge in [-0.1, -0.05) is 18.1 Å². The molecule has 3 rings (SSSR count). The maximum absolute atomic E-state index is 12.7. The Bertz CT molecular complexity index is 1050. The SMILES string of the molecule is COc1cc(C(=O)Nc2cccc(C#Cc3ccccn3)c2)ccc1OC(C)C. The van der Waals surface area contributed by atoms with Crippen molar-refractivity contribution in [2.45, 2.75) is 20.0 Å². The van der Waals surface area contributed by atoms with E-state index in [0.717, 1.165) is 5.56 Å². The largest absolute Gasteiger partial charge is 0.493 e. The Morgan fingerprint density at radius 3 is 2.59 bits per heavy atom. The lowest BCUT2D eigenvalue weighted by Crippen LogP contribution is -2.13. The Balaban J connectivity index is 1.75. The molecule has 0 fully saturated rings. The Labute approximate surface area is 170 Å². The van der Waals surface area contributed by atoms with Gasteiger partial charge in [0.25, 0.3) is 5.91 Å². The van der Waals surface area contributed by atoms with Crippen LogP contribution in [-0.4, -0.2) is 24.1 Å². The van der Waals surface area contributed by atoms with E-state index in [4.69, 9.17) is 9.47 Å². The van der Waals surface area contributed by atoms with E-state index in [1.54, 1.807) is 31.5 Å². The van der Waals surface area contributed by atoms with Gasteiger partial charge in [-0.25, -0.2) is 4.98 Å².